The van der Waals surface area contributed by atoms with Crippen molar-refractivity contribution in [2.75, 3.05) is 22.1 Å². The van der Waals surface area contributed by atoms with Crippen molar-refractivity contribution in [2.24, 2.45) is 0 Å². The highest BCUT2D eigenvalue weighted by Crippen LogP contribution is 2.16. The maximum absolute atomic E-state index is 11.4. The molecule has 0 saturated carbocycles. The Morgan fingerprint density at radius 2 is 2.32 bits per heavy atom. The number of hydrogen-bond acceptors (Lipinski definition) is 6. The molecule has 1 fully saturated rings. The Labute approximate surface area is 114 Å². The van der Waals surface area contributed by atoms with Gasteiger partial charge >= 0.3 is 0 Å². The van der Waals surface area contributed by atoms with Crippen molar-refractivity contribution in [1.82, 2.24) is 9.97 Å². The van der Waals surface area contributed by atoms with E-state index in [9.17, 15) is 8.42 Å². The smallest absolute Gasteiger partial charge is 0.224 e. The van der Waals surface area contributed by atoms with Gasteiger partial charge < -0.3 is 10.6 Å². The average Bonchev–Trinajstić information content (AvgIpc) is 2.69. The Hall–Kier alpha value is -1.37. The maximum atomic E-state index is 11.4. The van der Waals surface area contributed by atoms with Crippen molar-refractivity contribution in [2.45, 2.75) is 38.8 Å². The van der Waals surface area contributed by atoms with Gasteiger partial charge in [-0.15, -0.1) is 0 Å². The number of anilines is 2. The highest BCUT2D eigenvalue weighted by Gasteiger charge is 2.27. The minimum absolute atomic E-state index is 0.0450. The monoisotopic (exact) mass is 284 g/mol. The lowest BCUT2D eigenvalue weighted by Gasteiger charge is -2.14. The first-order chi connectivity index (χ1) is 8.98. The van der Waals surface area contributed by atoms with E-state index in [1.165, 1.54) is 0 Å². The predicted molar refractivity (Wildman–Crippen MR) is 76.1 cm³/mol. The predicted octanol–water partition coefficient (Wildman–Crippen LogP) is 1.29. The van der Waals surface area contributed by atoms with Gasteiger partial charge in [-0.05, 0) is 25.8 Å². The fraction of sp³-hybridized carbons (Fsp3) is 0.667. The molecule has 6 nitrogen and oxygen atoms in total. The molecule has 1 aliphatic heterocycles. The van der Waals surface area contributed by atoms with Crippen LogP contribution in [0.25, 0.3) is 0 Å². The summed E-state index contributed by atoms with van der Waals surface area (Å²) < 4.78 is 22.8. The van der Waals surface area contributed by atoms with Crippen LogP contribution in [0.3, 0.4) is 0 Å². The van der Waals surface area contributed by atoms with Crippen molar-refractivity contribution >= 4 is 21.6 Å². The molecule has 0 aliphatic carbocycles. The van der Waals surface area contributed by atoms with Gasteiger partial charge in [0.25, 0.3) is 0 Å². The first kappa shape index (κ1) is 14.0. The van der Waals surface area contributed by atoms with Crippen LogP contribution in [0, 0.1) is 0 Å². The maximum Gasteiger partial charge on any atom is 0.224 e. The summed E-state index contributed by atoms with van der Waals surface area (Å²) in [6.07, 6.45) is 3.30. The topological polar surface area (TPSA) is 84.0 Å². The number of aromatic nitrogens is 2. The summed E-state index contributed by atoms with van der Waals surface area (Å²) in [5, 5.41) is 6.35. The van der Waals surface area contributed by atoms with Crippen LogP contribution >= 0.6 is 0 Å². The minimum atomic E-state index is -2.87. The van der Waals surface area contributed by atoms with Gasteiger partial charge in [0.2, 0.25) is 5.95 Å². The molecular formula is C12H20N4O2S. The van der Waals surface area contributed by atoms with Crippen molar-refractivity contribution in [3.63, 3.8) is 0 Å². The molecule has 2 N–H and O–H groups in total. The van der Waals surface area contributed by atoms with Gasteiger partial charge in [-0.1, -0.05) is 6.92 Å². The fourth-order valence-corrected chi connectivity index (χ4v) is 3.62. The van der Waals surface area contributed by atoms with Crippen LogP contribution in [0.2, 0.25) is 0 Å². The van der Waals surface area contributed by atoms with E-state index in [0.29, 0.717) is 24.2 Å². The van der Waals surface area contributed by atoms with E-state index < -0.39 is 9.84 Å². The Bertz CT molecular complexity index is 532. The Morgan fingerprint density at radius 1 is 1.53 bits per heavy atom. The van der Waals surface area contributed by atoms with Crippen molar-refractivity contribution in [3.8, 4) is 0 Å². The molecular weight excluding hydrogens is 264 g/mol. The third-order valence-electron chi connectivity index (χ3n) is 3.23. The second-order valence-corrected chi connectivity index (χ2v) is 7.19. The quantitative estimate of drug-likeness (QED) is 0.847. The SMILES string of the molecule is CCC(C)Nc1nccc(NC2CCS(=O)(=O)C2)n1. The van der Waals surface area contributed by atoms with Gasteiger partial charge in [0.05, 0.1) is 11.5 Å². The van der Waals surface area contributed by atoms with E-state index >= 15 is 0 Å². The van der Waals surface area contributed by atoms with E-state index in [1.807, 2.05) is 0 Å². The molecule has 0 amide bonds. The normalized spacial score (nSPS) is 22.9. The number of hydrogen-bond donors (Lipinski definition) is 2. The highest BCUT2D eigenvalue weighted by atomic mass is 32.2. The lowest BCUT2D eigenvalue weighted by molar-refractivity contribution is 0.602. The number of sulfone groups is 1. The molecule has 1 aliphatic rings. The molecule has 2 heterocycles. The molecule has 2 unspecified atom stereocenters. The van der Waals surface area contributed by atoms with Gasteiger partial charge in [0.15, 0.2) is 9.84 Å². The molecule has 106 valence electrons. The van der Waals surface area contributed by atoms with Crippen LogP contribution in [0.1, 0.15) is 26.7 Å². The van der Waals surface area contributed by atoms with Crippen LogP contribution < -0.4 is 10.6 Å². The van der Waals surface area contributed by atoms with Gasteiger partial charge in [-0.3, -0.25) is 0 Å². The standard InChI is InChI=1S/C12H20N4O2S/c1-3-9(2)14-12-13-6-4-11(16-12)15-10-5-7-19(17,18)8-10/h4,6,9-10H,3,5,7-8H2,1-2H3,(H2,13,14,15,16). The van der Waals surface area contributed by atoms with Gasteiger partial charge in [-0.25, -0.2) is 13.4 Å². The van der Waals surface area contributed by atoms with Crippen molar-refractivity contribution in [1.29, 1.82) is 0 Å². The van der Waals surface area contributed by atoms with Gasteiger partial charge in [0.1, 0.15) is 5.82 Å². The van der Waals surface area contributed by atoms with Crippen LogP contribution in [-0.2, 0) is 9.84 Å². The third kappa shape index (κ3) is 4.05. The zero-order valence-corrected chi connectivity index (χ0v) is 12.1. The van der Waals surface area contributed by atoms with E-state index in [-0.39, 0.29) is 17.5 Å². The lowest BCUT2D eigenvalue weighted by Crippen LogP contribution is -2.22. The summed E-state index contributed by atoms with van der Waals surface area (Å²) in [6.45, 7) is 4.15. The minimum Gasteiger partial charge on any atom is -0.366 e. The highest BCUT2D eigenvalue weighted by molar-refractivity contribution is 7.91. The summed E-state index contributed by atoms with van der Waals surface area (Å²) in [5.41, 5.74) is 0. The van der Waals surface area contributed by atoms with E-state index in [2.05, 4.69) is 34.4 Å². The van der Waals surface area contributed by atoms with Crippen molar-refractivity contribution < 1.29 is 8.42 Å². The zero-order valence-electron chi connectivity index (χ0n) is 11.3. The molecule has 2 atom stereocenters. The van der Waals surface area contributed by atoms with Crippen LogP contribution in [0.4, 0.5) is 11.8 Å². The molecule has 2 rings (SSSR count). The van der Waals surface area contributed by atoms with E-state index in [1.54, 1.807) is 12.3 Å². The third-order valence-corrected chi connectivity index (χ3v) is 5.00. The van der Waals surface area contributed by atoms with Gasteiger partial charge in [0, 0.05) is 18.3 Å². The first-order valence-corrected chi connectivity index (χ1v) is 8.37. The molecule has 1 aromatic heterocycles. The zero-order chi connectivity index (χ0) is 13.9. The average molecular weight is 284 g/mol. The first-order valence-electron chi connectivity index (χ1n) is 6.55. The molecule has 0 spiro atoms. The summed E-state index contributed by atoms with van der Waals surface area (Å²) in [6, 6.07) is 2.02. The Balaban J connectivity index is 1.99. The number of rotatable bonds is 5. The summed E-state index contributed by atoms with van der Waals surface area (Å²) in [4.78, 5) is 8.49. The van der Waals surface area contributed by atoms with Gasteiger partial charge in [-0.2, -0.15) is 4.98 Å². The number of nitrogens with one attached hydrogen (secondary N) is 2. The second-order valence-electron chi connectivity index (χ2n) is 4.96. The van der Waals surface area contributed by atoms with Crippen molar-refractivity contribution in [3.05, 3.63) is 12.3 Å². The summed E-state index contributed by atoms with van der Waals surface area (Å²) in [5.74, 6) is 1.68. The second kappa shape index (κ2) is 5.73. The summed E-state index contributed by atoms with van der Waals surface area (Å²) >= 11 is 0. The number of nitrogens with zero attached hydrogens (tertiary/aromatic N) is 2. The molecule has 7 heteroatoms. The lowest BCUT2D eigenvalue weighted by atomic mass is 10.2. The molecule has 0 bridgehead atoms. The molecule has 19 heavy (non-hydrogen) atoms. The van der Waals surface area contributed by atoms with Crippen LogP contribution in [0.15, 0.2) is 12.3 Å². The fourth-order valence-electron chi connectivity index (χ4n) is 1.95. The van der Waals surface area contributed by atoms with Crippen LogP contribution in [0.5, 0.6) is 0 Å². The molecule has 1 aromatic rings. The largest absolute Gasteiger partial charge is 0.366 e. The summed E-state index contributed by atoms with van der Waals surface area (Å²) in [7, 11) is -2.87. The molecule has 0 radical (unpaired) electrons. The van der Waals surface area contributed by atoms with E-state index in [0.717, 1.165) is 6.42 Å². The Kier molecular flexibility index (Phi) is 4.24. The Morgan fingerprint density at radius 3 is 2.95 bits per heavy atom. The molecule has 0 aromatic carbocycles. The van der Waals surface area contributed by atoms with E-state index in [4.69, 9.17) is 0 Å². The molecule has 1 saturated heterocycles. The van der Waals surface area contributed by atoms with Crippen LogP contribution in [-0.4, -0.2) is 42.0 Å².